The monoisotopic (exact) mass is 275 g/mol. The molecule has 0 fully saturated rings. The zero-order valence-electron chi connectivity index (χ0n) is 9.92. The van der Waals surface area contributed by atoms with Gasteiger partial charge >= 0.3 is 7.60 Å². The third-order valence-corrected chi connectivity index (χ3v) is 4.43. The first kappa shape index (κ1) is 14.8. The van der Waals surface area contributed by atoms with Gasteiger partial charge in [-0.05, 0) is 0 Å². The lowest BCUT2D eigenvalue weighted by Gasteiger charge is -2.22. The lowest BCUT2D eigenvalue weighted by Crippen LogP contribution is -2.26. The van der Waals surface area contributed by atoms with Gasteiger partial charge in [-0.1, -0.05) is 30.3 Å². The van der Waals surface area contributed by atoms with Crippen molar-refractivity contribution in [2.75, 3.05) is 14.2 Å². The molecule has 1 rings (SSSR count). The van der Waals surface area contributed by atoms with Crippen LogP contribution >= 0.6 is 7.60 Å². The fraction of sp³-hybridized carbons (Fsp3) is 0.400. The van der Waals surface area contributed by atoms with Gasteiger partial charge in [0.2, 0.25) is 5.85 Å². The van der Waals surface area contributed by atoms with E-state index in [2.05, 4.69) is 9.05 Å². The second kappa shape index (κ2) is 6.06. The number of aliphatic hydroxyl groups is 1. The molecule has 0 aromatic heterocycles. The van der Waals surface area contributed by atoms with E-state index in [4.69, 9.17) is 0 Å². The highest BCUT2D eigenvalue weighted by Gasteiger charge is 2.46. The molecule has 100 valence electrons. The summed E-state index contributed by atoms with van der Waals surface area (Å²) >= 11 is 0. The van der Waals surface area contributed by atoms with Crippen molar-refractivity contribution in [3.63, 3.8) is 0 Å². The van der Waals surface area contributed by atoms with Gasteiger partial charge in [-0.2, -0.15) is 0 Å². The fourth-order valence-corrected chi connectivity index (χ4v) is 2.72. The molecular formula is C10H14NO6P. The van der Waals surface area contributed by atoms with Crippen LogP contribution in [0.1, 0.15) is 11.6 Å². The van der Waals surface area contributed by atoms with Gasteiger partial charge in [0, 0.05) is 24.7 Å². The number of hydrogen-bond donors (Lipinski definition) is 1. The van der Waals surface area contributed by atoms with E-state index in [-0.39, 0.29) is 5.56 Å². The highest BCUT2D eigenvalue weighted by Crippen LogP contribution is 2.54. The average Bonchev–Trinajstić information content (AvgIpc) is 2.38. The Morgan fingerprint density at radius 2 is 1.78 bits per heavy atom. The highest BCUT2D eigenvalue weighted by molar-refractivity contribution is 7.54. The topological polar surface area (TPSA) is 98.9 Å². The number of hydrogen-bond acceptors (Lipinski definition) is 6. The van der Waals surface area contributed by atoms with Crippen LogP contribution in [-0.4, -0.2) is 30.1 Å². The second-order valence-corrected chi connectivity index (χ2v) is 5.80. The van der Waals surface area contributed by atoms with E-state index in [1.54, 1.807) is 18.2 Å². The largest absolute Gasteiger partial charge is 0.375 e. The smallest absolute Gasteiger partial charge is 0.365 e. The molecule has 1 aromatic carbocycles. The number of nitrogens with zero attached hydrogens (tertiary/aromatic N) is 1. The van der Waals surface area contributed by atoms with Gasteiger partial charge < -0.3 is 14.2 Å². The summed E-state index contributed by atoms with van der Waals surface area (Å²) in [6.07, 6.45) is 0. The van der Waals surface area contributed by atoms with Crippen molar-refractivity contribution < 1.29 is 23.6 Å². The van der Waals surface area contributed by atoms with Crippen LogP contribution in [0.3, 0.4) is 0 Å². The number of aliphatic hydroxyl groups excluding tert-OH is 1. The third-order valence-electron chi connectivity index (χ3n) is 2.48. The van der Waals surface area contributed by atoms with E-state index in [1.807, 2.05) is 0 Å². The molecule has 0 aliphatic carbocycles. The summed E-state index contributed by atoms with van der Waals surface area (Å²) in [7, 11) is -1.80. The van der Waals surface area contributed by atoms with Crippen LogP contribution in [0.25, 0.3) is 0 Å². The van der Waals surface area contributed by atoms with Gasteiger partial charge in [0.05, 0.1) is 0 Å². The molecule has 0 saturated heterocycles. The molecule has 0 aliphatic heterocycles. The minimum absolute atomic E-state index is 0.226. The van der Waals surface area contributed by atoms with Crippen molar-refractivity contribution >= 4 is 7.60 Å². The van der Waals surface area contributed by atoms with Gasteiger partial charge in [0.1, 0.15) is 0 Å². The quantitative estimate of drug-likeness (QED) is 0.483. The van der Waals surface area contributed by atoms with Crippen LogP contribution in [0, 0.1) is 10.1 Å². The molecule has 0 saturated carbocycles. The van der Waals surface area contributed by atoms with Gasteiger partial charge in [0.15, 0.2) is 0 Å². The lowest BCUT2D eigenvalue weighted by molar-refractivity contribution is -0.536. The Morgan fingerprint density at radius 3 is 2.17 bits per heavy atom. The summed E-state index contributed by atoms with van der Waals surface area (Å²) in [5.41, 5.74) is 0.226. The Balaban J connectivity index is 3.15. The van der Waals surface area contributed by atoms with Crippen LogP contribution in [0.4, 0.5) is 0 Å². The standard InChI is InChI=1S/C10H14NO6P/c1-16-18(15,17-2)10(12)9(11(13)14)8-6-4-3-5-7-8/h3-7,9-10,12H,1-2H3. The summed E-state index contributed by atoms with van der Waals surface area (Å²) in [5, 5.41) is 20.9. The first-order chi connectivity index (χ1) is 8.46. The zero-order valence-corrected chi connectivity index (χ0v) is 10.8. The summed E-state index contributed by atoms with van der Waals surface area (Å²) < 4.78 is 21.1. The normalized spacial score (nSPS) is 15.1. The Morgan fingerprint density at radius 1 is 1.28 bits per heavy atom. The maximum absolute atomic E-state index is 12.0. The second-order valence-electron chi connectivity index (χ2n) is 3.46. The van der Waals surface area contributed by atoms with Crippen LogP contribution < -0.4 is 0 Å². The predicted octanol–water partition coefficient (Wildman–Crippen LogP) is 1.81. The maximum Gasteiger partial charge on any atom is 0.365 e. The van der Waals surface area contributed by atoms with Crippen LogP contribution in [0.2, 0.25) is 0 Å². The molecule has 0 bridgehead atoms. The van der Waals surface area contributed by atoms with E-state index in [0.29, 0.717) is 0 Å². The molecule has 0 heterocycles. The van der Waals surface area contributed by atoms with Crippen molar-refractivity contribution in [2.45, 2.75) is 11.9 Å². The van der Waals surface area contributed by atoms with Crippen LogP contribution in [-0.2, 0) is 13.6 Å². The van der Waals surface area contributed by atoms with Crippen molar-refractivity contribution in [3.05, 3.63) is 46.0 Å². The molecule has 7 nitrogen and oxygen atoms in total. The SMILES string of the molecule is COP(=O)(OC)C(O)C(c1ccccc1)[N+](=O)[O-]. The third kappa shape index (κ3) is 2.94. The number of nitro groups is 1. The number of rotatable bonds is 6. The van der Waals surface area contributed by atoms with Gasteiger partial charge in [0.25, 0.3) is 6.04 Å². The number of benzene rings is 1. The first-order valence-electron chi connectivity index (χ1n) is 5.04. The molecule has 2 atom stereocenters. The Labute approximate surface area is 104 Å². The molecule has 1 N–H and O–H groups in total. The van der Waals surface area contributed by atoms with E-state index < -0.39 is 24.4 Å². The maximum atomic E-state index is 12.0. The Kier molecular flexibility index (Phi) is 4.98. The molecule has 0 aliphatic rings. The van der Waals surface area contributed by atoms with Gasteiger partial charge in [-0.15, -0.1) is 0 Å². The predicted molar refractivity (Wildman–Crippen MR) is 63.8 cm³/mol. The van der Waals surface area contributed by atoms with Crippen LogP contribution in [0.5, 0.6) is 0 Å². The molecule has 18 heavy (non-hydrogen) atoms. The summed E-state index contributed by atoms with van der Waals surface area (Å²) in [6, 6.07) is 6.21. The van der Waals surface area contributed by atoms with Crippen molar-refractivity contribution in [1.82, 2.24) is 0 Å². The van der Waals surface area contributed by atoms with E-state index in [0.717, 1.165) is 14.2 Å². The molecule has 0 spiro atoms. The van der Waals surface area contributed by atoms with E-state index >= 15 is 0 Å². The molecule has 0 radical (unpaired) electrons. The summed E-state index contributed by atoms with van der Waals surface area (Å²) in [4.78, 5) is 10.3. The Bertz CT molecular complexity index is 443. The first-order valence-corrected chi connectivity index (χ1v) is 6.65. The summed E-state index contributed by atoms with van der Waals surface area (Å²) in [5.74, 6) is -1.87. The van der Waals surface area contributed by atoms with E-state index in [1.165, 1.54) is 12.1 Å². The minimum Gasteiger partial charge on any atom is -0.375 e. The van der Waals surface area contributed by atoms with Crippen molar-refractivity contribution in [2.24, 2.45) is 0 Å². The van der Waals surface area contributed by atoms with Gasteiger partial charge in [-0.25, -0.2) is 0 Å². The average molecular weight is 275 g/mol. The molecular weight excluding hydrogens is 261 g/mol. The van der Waals surface area contributed by atoms with Gasteiger partial charge in [-0.3, -0.25) is 14.7 Å². The van der Waals surface area contributed by atoms with Crippen molar-refractivity contribution in [1.29, 1.82) is 0 Å². The Hall–Kier alpha value is -1.27. The van der Waals surface area contributed by atoms with E-state index in [9.17, 15) is 19.8 Å². The highest BCUT2D eigenvalue weighted by atomic mass is 31.2. The summed E-state index contributed by atoms with van der Waals surface area (Å²) in [6.45, 7) is 0. The molecule has 8 heteroatoms. The zero-order chi connectivity index (χ0) is 13.8. The molecule has 0 amide bonds. The lowest BCUT2D eigenvalue weighted by atomic mass is 10.1. The van der Waals surface area contributed by atoms with Crippen LogP contribution in [0.15, 0.2) is 30.3 Å². The molecule has 1 aromatic rings. The van der Waals surface area contributed by atoms with Crippen molar-refractivity contribution in [3.8, 4) is 0 Å². The fourth-order valence-electron chi connectivity index (χ4n) is 1.52. The molecule has 2 unspecified atom stereocenters. The minimum atomic E-state index is -3.93.